The van der Waals surface area contributed by atoms with Gasteiger partial charge >= 0.3 is 0 Å². The van der Waals surface area contributed by atoms with Gasteiger partial charge in [0.15, 0.2) is 23.5 Å². The van der Waals surface area contributed by atoms with E-state index in [-0.39, 0.29) is 60.5 Å². The largest absolute Gasteiger partial charge is 0.393 e. The molecule has 210 valence electrons. The molecule has 9 unspecified atom stereocenters. The third-order valence-electron chi connectivity index (χ3n) is 10.3. The summed E-state index contributed by atoms with van der Waals surface area (Å²) in [5.41, 5.74) is 4.27. The first-order valence-electron chi connectivity index (χ1n) is 14.0. The van der Waals surface area contributed by atoms with E-state index in [1.54, 1.807) is 19.2 Å². The number of aliphatic hydroxyl groups excluding tert-OH is 1. The molecule has 0 spiro atoms. The van der Waals surface area contributed by atoms with Gasteiger partial charge in [-0.2, -0.15) is 0 Å². The molecule has 0 radical (unpaired) electrons. The number of nitrogens with two attached hydrogens (primary N) is 1. The minimum Gasteiger partial charge on any atom is -0.393 e. The van der Waals surface area contributed by atoms with Crippen molar-refractivity contribution in [2.24, 2.45) is 34.3 Å². The minimum atomic E-state index is -1.23. The Morgan fingerprint density at radius 3 is 2.79 bits per heavy atom. The fourth-order valence-electron chi connectivity index (χ4n) is 8.62. The van der Waals surface area contributed by atoms with Crippen LogP contribution in [0.3, 0.4) is 0 Å². The number of allylic oxidation sites excluding steroid dienone is 4. The maximum Gasteiger partial charge on any atom is 0.237 e. The molecular formula is C29H42N2O7. The van der Waals surface area contributed by atoms with E-state index >= 15 is 0 Å². The van der Waals surface area contributed by atoms with E-state index in [2.05, 4.69) is 20.8 Å². The average Bonchev–Trinajstić information content (AvgIpc) is 3.35. The van der Waals surface area contributed by atoms with Crippen LogP contribution in [0.1, 0.15) is 59.3 Å². The molecule has 0 aromatic rings. The van der Waals surface area contributed by atoms with E-state index in [0.29, 0.717) is 19.3 Å². The molecule has 0 aromatic heterocycles. The number of fused-ring (bicyclic) bond motifs is 7. The van der Waals surface area contributed by atoms with Crippen LogP contribution in [-0.2, 0) is 28.6 Å². The summed E-state index contributed by atoms with van der Waals surface area (Å²) in [5.74, 6) is -0.244. The molecule has 38 heavy (non-hydrogen) atoms. The summed E-state index contributed by atoms with van der Waals surface area (Å²) < 4.78 is 18.7. The summed E-state index contributed by atoms with van der Waals surface area (Å²) in [6, 6.07) is 0. The highest BCUT2D eigenvalue weighted by molar-refractivity contribution is 6.01. The van der Waals surface area contributed by atoms with E-state index < -0.39 is 29.5 Å². The molecule has 5 rings (SSSR count). The Bertz CT molecular complexity index is 1060. The lowest BCUT2D eigenvalue weighted by atomic mass is 9.46. The topological polar surface area (TPSA) is 128 Å². The molecule has 4 fully saturated rings. The molecule has 3 saturated carbocycles. The zero-order valence-corrected chi connectivity index (χ0v) is 23.0. The lowest BCUT2D eigenvalue weighted by Gasteiger charge is -2.59. The van der Waals surface area contributed by atoms with Gasteiger partial charge in [0.25, 0.3) is 0 Å². The lowest BCUT2D eigenvalue weighted by Crippen LogP contribution is -2.63. The molecule has 9 nitrogen and oxygen atoms in total. The molecule has 1 aliphatic heterocycles. The Morgan fingerprint density at radius 2 is 2.08 bits per heavy atom. The molecule has 1 heterocycles. The predicted molar refractivity (Wildman–Crippen MR) is 138 cm³/mol. The first-order valence-corrected chi connectivity index (χ1v) is 14.0. The number of hydrogen-bond donors (Lipinski definition) is 2. The van der Waals surface area contributed by atoms with Crippen LogP contribution < -0.4 is 5.73 Å². The summed E-state index contributed by atoms with van der Waals surface area (Å²) in [5, 5.41) is 11.8. The monoisotopic (exact) mass is 530 g/mol. The number of rotatable bonds is 8. The minimum absolute atomic E-state index is 0.00795. The third kappa shape index (κ3) is 3.96. The van der Waals surface area contributed by atoms with E-state index in [9.17, 15) is 19.5 Å². The fraction of sp³-hybridized carbons (Fsp3) is 0.759. The molecule has 9 atom stereocenters. The second kappa shape index (κ2) is 9.93. The SMILES string of the molecule is CCCC1OC2CC3C4CCC5=CC(=O)C=CC5(C)C4C(O)CC3(C)C2(C(=O)COCN(C)C(=O)CN)O1. The Morgan fingerprint density at radius 1 is 1.32 bits per heavy atom. The quantitative estimate of drug-likeness (QED) is 0.457. The molecule has 9 heteroatoms. The number of hydrogen-bond acceptors (Lipinski definition) is 8. The second-order valence-electron chi connectivity index (χ2n) is 12.3. The van der Waals surface area contributed by atoms with Crippen molar-refractivity contribution in [3.8, 4) is 0 Å². The number of amides is 1. The maximum absolute atomic E-state index is 14.1. The van der Waals surface area contributed by atoms with Gasteiger partial charge in [-0.1, -0.05) is 38.8 Å². The van der Waals surface area contributed by atoms with Crippen LogP contribution in [0.2, 0.25) is 0 Å². The van der Waals surface area contributed by atoms with Gasteiger partial charge in [-0.15, -0.1) is 0 Å². The molecular weight excluding hydrogens is 488 g/mol. The van der Waals surface area contributed by atoms with Gasteiger partial charge in [-0.3, -0.25) is 14.4 Å². The van der Waals surface area contributed by atoms with Crippen molar-refractivity contribution < 1.29 is 33.7 Å². The van der Waals surface area contributed by atoms with Crippen molar-refractivity contribution in [2.75, 3.05) is 26.9 Å². The number of likely N-dealkylation sites (N-methyl/N-ethyl adjacent to an activating group) is 1. The Labute approximate surface area is 224 Å². The zero-order valence-electron chi connectivity index (χ0n) is 23.0. The molecule has 5 aliphatic rings. The van der Waals surface area contributed by atoms with Crippen LogP contribution in [0.25, 0.3) is 0 Å². The predicted octanol–water partition coefficient (Wildman–Crippen LogP) is 2.12. The van der Waals surface area contributed by atoms with Crippen LogP contribution in [0, 0.1) is 28.6 Å². The highest BCUT2D eigenvalue weighted by atomic mass is 16.7. The average molecular weight is 531 g/mol. The molecule has 0 bridgehead atoms. The molecule has 4 aliphatic carbocycles. The van der Waals surface area contributed by atoms with Crippen LogP contribution in [0.15, 0.2) is 23.8 Å². The molecule has 1 amide bonds. The van der Waals surface area contributed by atoms with E-state index in [0.717, 1.165) is 24.8 Å². The van der Waals surface area contributed by atoms with Crippen molar-refractivity contribution in [1.82, 2.24) is 4.90 Å². The molecule has 0 aromatic carbocycles. The standard InChI is InChI=1S/C29H42N2O7/c1-5-6-25-37-23-12-20-19-8-7-17-11-18(32)9-10-27(17,2)26(19)21(33)13-28(20,3)29(23,38-25)22(34)15-36-16-31(4)24(35)14-30/h9-11,19-21,23,25-26,33H,5-8,12-16,30H2,1-4H3. The second-order valence-corrected chi connectivity index (χ2v) is 12.3. The van der Waals surface area contributed by atoms with Gasteiger partial charge in [-0.05, 0) is 56.1 Å². The number of ether oxygens (including phenoxy) is 3. The van der Waals surface area contributed by atoms with Gasteiger partial charge in [0, 0.05) is 23.8 Å². The number of carbonyl (C=O) groups is 3. The summed E-state index contributed by atoms with van der Waals surface area (Å²) in [6.45, 7) is 5.88. The first kappa shape index (κ1) is 27.6. The number of nitrogens with zero attached hydrogens (tertiary/aromatic N) is 1. The van der Waals surface area contributed by atoms with Crippen molar-refractivity contribution in [2.45, 2.75) is 83.4 Å². The van der Waals surface area contributed by atoms with E-state index in [1.165, 1.54) is 4.90 Å². The highest BCUT2D eigenvalue weighted by Gasteiger charge is 2.75. The van der Waals surface area contributed by atoms with Gasteiger partial charge in [0.1, 0.15) is 13.3 Å². The van der Waals surface area contributed by atoms with Crippen LogP contribution in [-0.4, -0.2) is 78.5 Å². The van der Waals surface area contributed by atoms with Gasteiger partial charge < -0.3 is 30.0 Å². The van der Waals surface area contributed by atoms with Gasteiger partial charge in [-0.25, -0.2) is 0 Å². The van der Waals surface area contributed by atoms with E-state index in [1.807, 2.05) is 6.08 Å². The third-order valence-corrected chi connectivity index (χ3v) is 10.3. The Balaban J connectivity index is 1.45. The van der Waals surface area contributed by atoms with Crippen molar-refractivity contribution in [1.29, 1.82) is 0 Å². The number of carbonyl (C=O) groups excluding carboxylic acids is 3. The highest BCUT2D eigenvalue weighted by Crippen LogP contribution is 2.69. The fourth-order valence-corrected chi connectivity index (χ4v) is 8.62. The normalized spacial score (nSPS) is 43.1. The van der Waals surface area contributed by atoms with Crippen LogP contribution in [0.5, 0.6) is 0 Å². The number of Topliss-reactive ketones (excluding diaryl/α,β-unsaturated/α-hetero) is 1. The van der Waals surface area contributed by atoms with Crippen molar-refractivity contribution in [3.63, 3.8) is 0 Å². The number of aliphatic hydroxyl groups is 1. The Kier molecular flexibility index (Phi) is 7.22. The van der Waals surface area contributed by atoms with Crippen LogP contribution >= 0.6 is 0 Å². The Hall–Kier alpha value is -1.91. The first-order chi connectivity index (χ1) is 18.0. The molecule has 3 N–H and O–H groups in total. The maximum atomic E-state index is 14.1. The summed E-state index contributed by atoms with van der Waals surface area (Å²) in [6.07, 6.45) is 8.06. The van der Waals surface area contributed by atoms with Crippen molar-refractivity contribution >= 4 is 17.5 Å². The summed E-state index contributed by atoms with van der Waals surface area (Å²) in [7, 11) is 1.58. The smallest absolute Gasteiger partial charge is 0.237 e. The number of ketones is 2. The van der Waals surface area contributed by atoms with Gasteiger partial charge in [0.2, 0.25) is 5.91 Å². The van der Waals surface area contributed by atoms with Crippen molar-refractivity contribution in [3.05, 3.63) is 23.8 Å². The summed E-state index contributed by atoms with van der Waals surface area (Å²) in [4.78, 5) is 39.4. The lowest BCUT2D eigenvalue weighted by molar-refractivity contribution is -0.201. The summed E-state index contributed by atoms with van der Waals surface area (Å²) >= 11 is 0. The zero-order chi connectivity index (χ0) is 27.5. The van der Waals surface area contributed by atoms with Crippen LogP contribution in [0.4, 0.5) is 0 Å². The molecule has 1 saturated heterocycles. The van der Waals surface area contributed by atoms with E-state index in [4.69, 9.17) is 19.9 Å². The van der Waals surface area contributed by atoms with Gasteiger partial charge in [0.05, 0.1) is 18.8 Å².